The summed E-state index contributed by atoms with van der Waals surface area (Å²) in [6.45, 7) is 4.67. The smallest absolute Gasteiger partial charge is 0.228 e. The number of likely N-dealkylation sites (tertiary alicyclic amines) is 1. The second-order valence-electron chi connectivity index (χ2n) is 7.60. The van der Waals surface area contributed by atoms with Crippen LogP contribution >= 0.6 is 23.2 Å². The zero-order valence-electron chi connectivity index (χ0n) is 16.4. The first kappa shape index (κ1) is 21.2. The van der Waals surface area contributed by atoms with E-state index in [0.29, 0.717) is 10.0 Å². The average Bonchev–Trinajstić information content (AvgIpc) is 2.70. The van der Waals surface area contributed by atoms with E-state index in [-0.39, 0.29) is 11.8 Å². The number of rotatable bonds is 7. The lowest BCUT2D eigenvalue weighted by molar-refractivity contribution is -0.121. The molecule has 1 fully saturated rings. The molecule has 2 aromatic carbocycles. The van der Waals surface area contributed by atoms with Gasteiger partial charge in [-0.05, 0) is 67.6 Å². The molecular formula is C23H28Cl2N2O. The van der Waals surface area contributed by atoms with Gasteiger partial charge in [0.1, 0.15) is 0 Å². The Morgan fingerprint density at radius 3 is 2.68 bits per heavy atom. The third-order valence-electron chi connectivity index (χ3n) is 5.33. The monoisotopic (exact) mass is 418 g/mol. The maximum absolute atomic E-state index is 12.8. The van der Waals surface area contributed by atoms with Crippen molar-refractivity contribution in [1.82, 2.24) is 4.90 Å². The van der Waals surface area contributed by atoms with Crippen LogP contribution in [0.2, 0.25) is 10.0 Å². The lowest BCUT2D eigenvalue weighted by Crippen LogP contribution is -2.40. The molecule has 1 aliphatic rings. The van der Waals surface area contributed by atoms with Crippen molar-refractivity contribution < 1.29 is 4.79 Å². The molecule has 1 N–H and O–H groups in total. The summed E-state index contributed by atoms with van der Waals surface area (Å²) < 4.78 is 0. The molecule has 2 aromatic rings. The summed E-state index contributed by atoms with van der Waals surface area (Å²) in [6, 6.07) is 13.8. The van der Waals surface area contributed by atoms with E-state index in [1.54, 1.807) is 6.07 Å². The SMILES string of the molecule is CCCCc1ccc(NC(=O)C2CCCN(Cc3ccc(Cl)cc3Cl)C2)cc1. The highest BCUT2D eigenvalue weighted by atomic mass is 35.5. The maximum Gasteiger partial charge on any atom is 0.228 e. The molecule has 0 bridgehead atoms. The second-order valence-corrected chi connectivity index (χ2v) is 8.44. The van der Waals surface area contributed by atoms with Crippen LogP contribution in [-0.2, 0) is 17.8 Å². The van der Waals surface area contributed by atoms with Crippen LogP contribution < -0.4 is 5.32 Å². The Bertz CT molecular complexity index is 792. The third-order valence-corrected chi connectivity index (χ3v) is 5.91. The van der Waals surface area contributed by atoms with E-state index < -0.39 is 0 Å². The number of anilines is 1. The summed E-state index contributed by atoms with van der Waals surface area (Å²) in [5.41, 5.74) is 3.25. The molecule has 0 saturated carbocycles. The molecule has 0 spiro atoms. The summed E-state index contributed by atoms with van der Waals surface area (Å²) in [5.74, 6) is 0.104. The van der Waals surface area contributed by atoms with Crippen LogP contribution in [0.15, 0.2) is 42.5 Å². The standard InChI is InChI=1S/C23H28Cl2N2O/c1-2-3-5-17-7-11-21(12-8-17)26-23(28)19-6-4-13-27(16-19)15-18-9-10-20(24)14-22(18)25/h7-12,14,19H,2-6,13,15-16H2,1H3,(H,26,28). The maximum atomic E-state index is 12.8. The summed E-state index contributed by atoms with van der Waals surface area (Å²) in [7, 11) is 0. The minimum Gasteiger partial charge on any atom is -0.326 e. The lowest BCUT2D eigenvalue weighted by Gasteiger charge is -2.32. The molecular weight excluding hydrogens is 391 g/mol. The van der Waals surface area contributed by atoms with E-state index in [1.807, 2.05) is 24.3 Å². The minimum absolute atomic E-state index is 0.000376. The number of nitrogens with one attached hydrogen (secondary N) is 1. The fourth-order valence-electron chi connectivity index (χ4n) is 3.68. The fourth-order valence-corrected chi connectivity index (χ4v) is 4.15. The van der Waals surface area contributed by atoms with Gasteiger partial charge in [-0.3, -0.25) is 9.69 Å². The molecule has 3 nitrogen and oxygen atoms in total. The van der Waals surface area contributed by atoms with E-state index in [9.17, 15) is 4.79 Å². The summed E-state index contributed by atoms with van der Waals surface area (Å²) in [6.07, 6.45) is 5.42. The second kappa shape index (κ2) is 10.3. The molecule has 1 saturated heterocycles. The van der Waals surface area contributed by atoms with Crippen LogP contribution in [0.1, 0.15) is 43.7 Å². The first-order valence-electron chi connectivity index (χ1n) is 10.1. The summed E-state index contributed by atoms with van der Waals surface area (Å²) in [5, 5.41) is 4.42. The van der Waals surface area contributed by atoms with Crippen LogP contribution in [-0.4, -0.2) is 23.9 Å². The first-order chi connectivity index (χ1) is 13.5. The highest BCUT2D eigenvalue weighted by Gasteiger charge is 2.26. The van der Waals surface area contributed by atoms with Gasteiger partial charge in [-0.25, -0.2) is 0 Å². The van der Waals surface area contributed by atoms with Crippen LogP contribution in [0.4, 0.5) is 5.69 Å². The number of aryl methyl sites for hydroxylation is 1. The average molecular weight is 419 g/mol. The van der Waals surface area contributed by atoms with E-state index in [4.69, 9.17) is 23.2 Å². The Morgan fingerprint density at radius 2 is 1.96 bits per heavy atom. The van der Waals surface area contributed by atoms with Gasteiger partial charge in [0, 0.05) is 28.8 Å². The van der Waals surface area contributed by atoms with Gasteiger partial charge in [0.25, 0.3) is 0 Å². The van der Waals surface area contributed by atoms with E-state index >= 15 is 0 Å². The van der Waals surface area contributed by atoms with Gasteiger partial charge in [0.05, 0.1) is 5.92 Å². The zero-order chi connectivity index (χ0) is 19.9. The van der Waals surface area contributed by atoms with Gasteiger partial charge in [-0.1, -0.05) is 54.7 Å². The number of carbonyl (C=O) groups excluding carboxylic acids is 1. The Morgan fingerprint density at radius 1 is 1.18 bits per heavy atom. The van der Waals surface area contributed by atoms with Crippen molar-refractivity contribution in [3.63, 3.8) is 0 Å². The quantitative estimate of drug-likeness (QED) is 0.581. The predicted molar refractivity (Wildman–Crippen MR) is 118 cm³/mol. The number of nitrogens with zero attached hydrogens (tertiary/aromatic N) is 1. The molecule has 28 heavy (non-hydrogen) atoms. The van der Waals surface area contributed by atoms with E-state index in [2.05, 4.69) is 29.3 Å². The number of amides is 1. The molecule has 1 aliphatic heterocycles. The third kappa shape index (κ3) is 5.97. The fraction of sp³-hybridized carbons (Fsp3) is 0.435. The Hall–Kier alpha value is -1.55. The number of halogens is 2. The molecule has 0 radical (unpaired) electrons. The number of piperidine rings is 1. The van der Waals surface area contributed by atoms with Crippen molar-refractivity contribution in [3.05, 3.63) is 63.6 Å². The van der Waals surface area contributed by atoms with Crippen molar-refractivity contribution in [1.29, 1.82) is 0 Å². The van der Waals surface area contributed by atoms with Crippen LogP contribution in [0, 0.1) is 5.92 Å². The highest BCUT2D eigenvalue weighted by Crippen LogP contribution is 2.25. The molecule has 150 valence electrons. The molecule has 1 unspecified atom stereocenters. The molecule has 5 heteroatoms. The van der Waals surface area contributed by atoms with Crippen molar-refractivity contribution in [2.45, 2.75) is 45.6 Å². The number of benzene rings is 2. The van der Waals surface area contributed by atoms with Crippen molar-refractivity contribution in [2.75, 3.05) is 18.4 Å². The van der Waals surface area contributed by atoms with Gasteiger partial charge in [0.15, 0.2) is 0 Å². The van der Waals surface area contributed by atoms with Gasteiger partial charge >= 0.3 is 0 Å². The number of hydrogen-bond donors (Lipinski definition) is 1. The Labute approximate surface area is 178 Å². The Balaban J connectivity index is 1.55. The van der Waals surface area contributed by atoms with Gasteiger partial charge < -0.3 is 5.32 Å². The molecule has 3 rings (SSSR count). The van der Waals surface area contributed by atoms with Crippen LogP contribution in [0.5, 0.6) is 0 Å². The minimum atomic E-state index is -0.000376. The highest BCUT2D eigenvalue weighted by molar-refractivity contribution is 6.35. The topological polar surface area (TPSA) is 32.3 Å². The molecule has 1 heterocycles. The molecule has 1 amide bonds. The van der Waals surface area contributed by atoms with E-state index in [0.717, 1.165) is 50.1 Å². The predicted octanol–water partition coefficient (Wildman–Crippen LogP) is 6.19. The molecule has 0 aliphatic carbocycles. The van der Waals surface area contributed by atoms with Crippen LogP contribution in [0.3, 0.4) is 0 Å². The number of carbonyl (C=O) groups is 1. The van der Waals surface area contributed by atoms with Crippen LogP contribution in [0.25, 0.3) is 0 Å². The normalized spacial score (nSPS) is 17.5. The number of unbranched alkanes of at least 4 members (excludes halogenated alkanes) is 1. The van der Waals surface area contributed by atoms with Gasteiger partial charge in [-0.2, -0.15) is 0 Å². The first-order valence-corrected chi connectivity index (χ1v) is 10.9. The van der Waals surface area contributed by atoms with Crippen molar-refractivity contribution >= 4 is 34.8 Å². The van der Waals surface area contributed by atoms with Crippen molar-refractivity contribution in [3.8, 4) is 0 Å². The molecule has 1 atom stereocenters. The van der Waals surface area contributed by atoms with E-state index in [1.165, 1.54) is 18.4 Å². The van der Waals surface area contributed by atoms with Gasteiger partial charge in [0.2, 0.25) is 5.91 Å². The summed E-state index contributed by atoms with van der Waals surface area (Å²) >= 11 is 12.3. The number of hydrogen-bond acceptors (Lipinski definition) is 2. The Kier molecular flexibility index (Phi) is 7.78. The van der Waals surface area contributed by atoms with Crippen molar-refractivity contribution in [2.24, 2.45) is 5.92 Å². The largest absolute Gasteiger partial charge is 0.326 e. The molecule has 0 aromatic heterocycles. The van der Waals surface area contributed by atoms with Gasteiger partial charge in [-0.15, -0.1) is 0 Å². The zero-order valence-corrected chi connectivity index (χ0v) is 17.9. The summed E-state index contributed by atoms with van der Waals surface area (Å²) in [4.78, 5) is 15.1. The lowest BCUT2D eigenvalue weighted by atomic mass is 9.96.